The van der Waals surface area contributed by atoms with Crippen molar-refractivity contribution in [2.24, 2.45) is 0 Å². The standard InChI is InChI=1S/C33H34N2O/c1-5-22-11-9-10-14-28(22)35-32(36)31-30(24-12-7-6-8-13-24)27-21-25(17-20-29(27)34-31)23-15-18-26(19-16-23)33(2,3)4/h6-8,11-21,34H,5,9-10H2,1-4H3,(H,35,36). The molecule has 4 aromatic rings. The molecule has 0 aliphatic heterocycles. The summed E-state index contributed by atoms with van der Waals surface area (Å²) in [5, 5.41) is 4.25. The molecule has 0 saturated heterocycles. The van der Waals surface area contributed by atoms with Gasteiger partial charge in [-0.25, -0.2) is 0 Å². The number of carbonyl (C=O) groups is 1. The van der Waals surface area contributed by atoms with Gasteiger partial charge in [0, 0.05) is 22.2 Å². The van der Waals surface area contributed by atoms with Crippen molar-refractivity contribution in [3.63, 3.8) is 0 Å². The summed E-state index contributed by atoms with van der Waals surface area (Å²) < 4.78 is 0. The zero-order chi connectivity index (χ0) is 25.3. The number of aromatic nitrogens is 1. The zero-order valence-electron chi connectivity index (χ0n) is 21.6. The van der Waals surface area contributed by atoms with Crippen LogP contribution < -0.4 is 5.32 Å². The van der Waals surface area contributed by atoms with Gasteiger partial charge in [-0.2, -0.15) is 0 Å². The Morgan fingerprint density at radius 1 is 0.861 bits per heavy atom. The molecule has 3 nitrogen and oxygen atoms in total. The minimum Gasteiger partial charge on any atom is -0.350 e. The van der Waals surface area contributed by atoms with E-state index in [1.54, 1.807) is 0 Å². The summed E-state index contributed by atoms with van der Waals surface area (Å²) in [5.74, 6) is -0.103. The summed E-state index contributed by atoms with van der Waals surface area (Å²) in [7, 11) is 0. The fourth-order valence-electron chi connectivity index (χ4n) is 4.99. The number of aromatic amines is 1. The van der Waals surface area contributed by atoms with Gasteiger partial charge in [-0.05, 0) is 64.6 Å². The molecule has 3 heteroatoms. The van der Waals surface area contributed by atoms with Crippen LogP contribution in [-0.4, -0.2) is 10.9 Å². The van der Waals surface area contributed by atoms with E-state index in [0.29, 0.717) is 5.69 Å². The molecule has 1 aromatic heterocycles. The van der Waals surface area contributed by atoms with E-state index in [1.165, 1.54) is 16.7 Å². The molecule has 0 saturated carbocycles. The Balaban J connectivity index is 1.59. The van der Waals surface area contributed by atoms with Crippen LogP contribution in [0.15, 0.2) is 96.2 Å². The normalized spacial score (nSPS) is 13.9. The van der Waals surface area contributed by atoms with E-state index < -0.39 is 0 Å². The van der Waals surface area contributed by atoms with Crippen LogP contribution >= 0.6 is 0 Å². The number of hydrogen-bond donors (Lipinski definition) is 2. The highest BCUT2D eigenvalue weighted by molar-refractivity contribution is 6.11. The third kappa shape index (κ3) is 4.66. The third-order valence-corrected chi connectivity index (χ3v) is 7.05. The molecule has 1 amide bonds. The SMILES string of the molecule is CCC1=CCCC=C1NC(=O)c1[nH]c2ccc(-c3ccc(C(C)(C)C)cc3)cc2c1-c1ccccc1. The number of fused-ring (bicyclic) bond motifs is 1. The van der Waals surface area contributed by atoms with Crippen LogP contribution in [-0.2, 0) is 5.41 Å². The molecule has 182 valence electrons. The van der Waals surface area contributed by atoms with E-state index in [-0.39, 0.29) is 11.3 Å². The monoisotopic (exact) mass is 474 g/mol. The van der Waals surface area contributed by atoms with Gasteiger partial charge < -0.3 is 10.3 Å². The van der Waals surface area contributed by atoms with Gasteiger partial charge in [0.1, 0.15) is 5.69 Å². The zero-order valence-corrected chi connectivity index (χ0v) is 21.6. The van der Waals surface area contributed by atoms with Crippen molar-refractivity contribution in [1.82, 2.24) is 10.3 Å². The second-order valence-electron chi connectivity index (χ2n) is 10.6. The highest BCUT2D eigenvalue weighted by atomic mass is 16.1. The second-order valence-corrected chi connectivity index (χ2v) is 10.6. The maximum Gasteiger partial charge on any atom is 0.272 e. The summed E-state index contributed by atoms with van der Waals surface area (Å²) in [5.41, 5.74) is 9.39. The van der Waals surface area contributed by atoms with Crippen molar-refractivity contribution in [2.75, 3.05) is 0 Å². The lowest BCUT2D eigenvalue weighted by Crippen LogP contribution is -2.25. The van der Waals surface area contributed by atoms with Crippen LogP contribution in [0.5, 0.6) is 0 Å². The van der Waals surface area contributed by atoms with Crippen molar-refractivity contribution in [3.8, 4) is 22.3 Å². The molecule has 3 aromatic carbocycles. The Morgan fingerprint density at radius 2 is 1.56 bits per heavy atom. The molecule has 0 radical (unpaired) electrons. The van der Waals surface area contributed by atoms with Crippen LogP contribution in [0.4, 0.5) is 0 Å². The van der Waals surface area contributed by atoms with Gasteiger partial charge >= 0.3 is 0 Å². The summed E-state index contributed by atoms with van der Waals surface area (Å²) >= 11 is 0. The van der Waals surface area contributed by atoms with Crippen molar-refractivity contribution in [2.45, 2.75) is 52.4 Å². The minimum absolute atomic E-state index is 0.103. The van der Waals surface area contributed by atoms with Gasteiger partial charge in [-0.3, -0.25) is 4.79 Å². The number of benzene rings is 3. The van der Waals surface area contributed by atoms with E-state index in [4.69, 9.17) is 0 Å². The number of hydrogen-bond acceptors (Lipinski definition) is 1. The topological polar surface area (TPSA) is 44.9 Å². The fourth-order valence-corrected chi connectivity index (χ4v) is 4.99. The third-order valence-electron chi connectivity index (χ3n) is 7.05. The van der Waals surface area contributed by atoms with Crippen molar-refractivity contribution in [1.29, 1.82) is 0 Å². The molecule has 36 heavy (non-hydrogen) atoms. The van der Waals surface area contributed by atoms with E-state index >= 15 is 0 Å². The number of allylic oxidation sites excluding steroid dienone is 3. The second kappa shape index (κ2) is 9.66. The predicted octanol–water partition coefficient (Wildman–Crippen LogP) is 8.54. The van der Waals surface area contributed by atoms with Crippen molar-refractivity contribution >= 4 is 16.8 Å². The molecular formula is C33H34N2O. The largest absolute Gasteiger partial charge is 0.350 e. The maximum atomic E-state index is 13.6. The summed E-state index contributed by atoms with van der Waals surface area (Å²) in [6.07, 6.45) is 7.26. The van der Waals surface area contributed by atoms with E-state index in [1.807, 2.05) is 18.2 Å². The molecule has 1 heterocycles. The molecule has 0 fully saturated rings. The van der Waals surface area contributed by atoms with Crippen LogP contribution in [0, 0.1) is 0 Å². The Kier molecular flexibility index (Phi) is 6.40. The molecule has 5 rings (SSSR count). The smallest absolute Gasteiger partial charge is 0.272 e. The quantitative estimate of drug-likeness (QED) is 0.299. The fraction of sp³-hybridized carbons (Fsp3) is 0.242. The number of rotatable bonds is 5. The minimum atomic E-state index is -0.103. The van der Waals surface area contributed by atoms with Crippen LogP contribution in [0.25, 0.3) is 33.2 Å². The lowest BCUT2D eigenvalue weighted by molar-refractivity contribution is 0.0963. The number of amides is 1. The van der Waals surface area contributed by atoms with Gasteiger partial charge in [0.25, 0.3) is 5.91 Å². The van der Waals surface area contributed by atoms with Gasteiger partial charge in [-0.15, -0.1) is 0 Å². The average molecular weight is 475 g/mol. The van der Waals surface area contributed by atoms with Crippen LogP contribution in [0.3, 0.4) is 0 Å². The lowest BCUT2D eigenvalue weighted by Gasteiger charge is -2.19. The molecular weight excluding hydrogens is 440 g/mol. The first-order chi connectivity index (χ1) is 17.3. The summed E-state index contributed by atoms with van der Waals surface area (Å²) in [6, 6.07) is 25.4. The number of H-pyrrole nitrogens is 1. The van der Waals surface area contributed by atoms with E-state index in [2.05, 4.69) is 105 Å². The first-order valence-corrected chi connectivity index (χ1v) is 12.9. The van der Waals surface area contributed by atoms with Crippen molar-refractivity contribution < 1.29 is 4.79 Å². The summed E-state index contributed by atoms with van der Waals surface area (Å²) in [4.78, 5) is 17.0. The number of nitrogens with one attached hydrogen (secondary N) is 2. The van der Waals surface area contributed by atoms with Gasteiger partial charge in [-0.1, -0.05) is 101 Å². The van der Waals surface area contributed by atoms with Gasteiger partial charge in [0.05, 0.1) is 0 Å². The van der Waals surface area contributed by atoms with Gasteiger partial charge in [0.15, 0.2) is 0 Å². The highest BCUT2D eigenvalue weighted by Gasteiger charge is 2.22. The van der Waals surface area contributed by atoms with Crippen LogP contribution in [0.2, 0.25) is 0 Å². The Hall–Kier alpha value is -3.85. The molecule has 0 bridgehead atoms. The first-order valence-electron chi connectivity index (χ1n) is 12.9. The molecule has 0 atom stereocenters. The molecule has 1 aliphatic rings. The lowest BCUT2D eigenvalue weighted by atomic mass is 9.86. The first kappa shape index (κ1) is 23.9. The molecule has 2 N–H and O–H groups in total. The maximum absolute atomic E-state index is 13.6. The molecule has 0 spiro atoms. The molecule has 1 aliphatic carbocycles. The van der Waals surface area contributed by atoms with Crippen molar-refractivity contribution in [3.05, 3.63) is 107 Å². The van der Waals surface area contributed by atoms with E-state index in [0.717, 1.165) is 52.6 Å². The number of carbonyl (C=O) groups excluding carboxylic acids is 1. The summed E-state index contributed by atoms with van der Waals surface area (Å²) in [6.45, 7) is 8.82. The molecule has 0 unspecified atom stereocenters. The Morgan fingerprint density at radius 3 is 2.25 bits per heavy atom. The van der Waals surface area contributed by atoms with Gasteiger partial charge in [0.2, 0.25) is 0 Å². The van der Waals surface area contributed by atoms with Crippen LogP contribution in [0.1, 0.15) is 63.0 Å². The van der Waals surface area contributed by atoms with E-state index in [9.17, 15) is 4.79 Å². The average Bonchev–Trinajstić information content (AvgIpc) is 3.28. The predicted molar refractivity (Wildman–Crippen MR) is 151 cm³/mol. The Bertz CT molecular complexity index is 1460. The highest BCUT2D eigenvalue weighted by Crippen LogP contribution is 2.36. The Labute approximate surface area is 214 Å².